The summed E-state index contributed by atoms with van der Waals surface area (Å²) < 4.78 is 62.1. The van der Waals surface area contributed by atoms with E-state index in [0.717, 1.165) is 0 Å². The molecule has 7 nitrogen and oxygen atoms in total. The van der Waals surface area contributed by atoms with Gasteiger partial charge < -0.3 is 14.0 Å². The van der Waals surface area contributed by atoms with E-state index in [1.165, 1.54) is 30.5 Å². The summed E-state index contributed by atoms with van der Waals surface area (Å²) in [6, 6.07) is 5.98. The number of nitrogens with zero attached hydrogens (tertiary/aromatic N) is 3. The zero-order chi connectivity index (χ0) is 19.6. The predicted molar refractivity (Wildman–Crippen MR) is 95.1 cm³/mol. The van der Waals surface area contributed by atoms with Gasteiger partial charge in [-0.1, -0.05) is 0 Å². The summed E-state index contributed by atoms with van der Waals surface area (Å²) in [5, 5.41) is 0. The molecule has 0 saturated carbocycles. The number of rotatable bonds is 7. The van der Waals surface area contributed by atoms with Gasteiger partial charge in [-0.3, -0.25) is 0 Å². The lowest BCUT2D eigenvalue weighted by atomic mass is 10.1. The van der Waals surface area contributed by atoms with Gasteiger partial charge >= 0.3 is 6.61 Å². The molecule has 1 fully saturated rings. The van der Waals surface area contributed by atoms with Gasteiger partial charge in [0.2, 0.25) is 10.0 Å². The molecule has 1 aromatic heterocycles. The van der Waals surface area contributed by atoms with E-state index in [9.17, 15) is 17.2 Å². The van der Waals surface area contributed by atoms with Crippen LogP contribution in [0.3, 0.4) is 0 Å². The van der Waals surface area contributed by atoms with Crippen LogP contribution in [0.5, 0.6) is 5.75 Å². The van der Waals surface area contributed by atoms with Gasteiger partial charge in [-0.15, -0.1) is 0 Å². The van der Waals surface area contributed by atoms with Crippen molar-refractivity contribution in [3.63, 3.8) is 0 Å². The number of ether oxygens (including phenoxy) is 2. The third-order valence-corrected chi connectivity index (χ3v) is 6.47. The van der Waals surface area contributed by atoms with Crippen molar-refractivity contribution in [3.05, 3.63) is 36.7 Å². The summed E-state index contributed by atoms with van der Waals surface area (Å²) in [5.74, 6) is 0.433. The molecule has 1 aliphatic heterocycles. The fourth-order valence-electron chi connectivity index (χ4n) is 3.06. The van der Waals surface area contributed by atoms with Crippen LogP contribution in [0.4, 0.5) is 8.78 Å². The second-order valence-corrected chi connectivity index (χ2v) is 8.71. The van der Waals surface area contributed by atoms with Crippen molar-refractivity contribution >= 4 is 10.0 Å². The standard InChI is InChI=1S/C17H21F2N3O4S/c1-21(2)27(23,24)11-13-9-25-10-15(13)22-8-7-20-16(22)12-3-5-14(6-4-12)26-17(18)19/h3-8,13,15,17H,9-11H2,1-2H3/t13-,15+/m0/s1. The molecule has 0 amide bonds. The minimum atomic E-state index is -3.37. The second-order valence-electron chi connectivity index (χ2n) is 6.49. The lowest BCUT2D eigenvalue weighted by Gasteiger charge is -2.22. The summed E-state index contributed by atoms with van der Waals surface area (Å²) >= 11 is 0. The van der Waals surface area contributed by atoms with Crippen molar-refractivity contribution in [2.45, 2.75) is 12.7 Å². The Morgan fingerprint density at radius 3 is 2.63 bits per heavy atom. The van der Waals surface area contributed by atoms with Crippen LogP contribution in [0.2, 0.25) is 0 Å². The van der Waals surface area contributed by atoms with E-state index in [-0.39, 0.29) is 23.5 Å². The number of hydrogen-bond donors (Lipinski definition) is 0. The van der Waals surface area contributed by atoms with Gasteiger partial charge in [0, 0.05) is 38.0 Å². The summed E-state index contributed by atoms with van der Waals surface area (Å²) in [4.78, 5) is 4.35. The van der Waals surface area contributed by atoms with Gasteiger partial charge in [-0.2, -0.15) is 8.78 Å². The highest BCUT2D eigenvalue weighted by Gasteiger charge is 2.35. The maximum atomic E-state index is 12.3. The molecule has 0 aliphatic carbocycles. The van der Waals surface area contributed by atoms with Crippen LogP contribution in [0.15, 0.2) is 36.7 Å². The number of alkyl halides is 2. The van der Waals surface area contributed by atoms with Gasteiger partial charge in [0.05, 0.1) is 25.0 Å². The van der Waals surface area contributed by atoms with Crippen LogP contribution < -0.4 is 4.74 Å². The molecule has 1 aromatic carbocycles. The monoisotopic (exact) mass is 401 g/mol. The van der Waals surface area contributed by atoms with Gasteiger partial charge in [0.1, 0.15) is 11.6 Å². The first kappa shape index (κ1) is 19.7. The van der Waals surface area contributed by atoms with Crippen LogP contribution in [0.1, 0.15) is 6.04 Å². The van der Waals surface area contributed by atoms with Crippen LogP contribution in [0, 0.1) is 5.92 Å². The maximum absolute atomic E-state index is 12.3. The normalized spacial score (nSPS) is 20.5. The Morgan fingerprint density at radius 2 is 2.00 bits per heavy atom. The van der Waals surface area contributed by atoms with E-state index in [2.05, 4.69) is 9.72 Å². The van der Waals surface area contributed by atoms with Crippen LogP contribution >= 0.6 is 0 Å². The van der Waals surface area contributed by atoms with Gasteiger partial charge in [0.15, 0.2) is 0 Å². The molecule has 0 spiro atoms. The molecule has 2 aromatic rings. The van der Waals surface area contributed by atoms with Crippen molar-refractivity contribution in [3.8, 4) is 17.1 Å². The molecule has 1 saturated heterocycles. The van der Waals surface area contributed by atoms with Crippen LogP contribution in [-0.2, 0) is 14.8 Å². The minimum Gasteiger partial charge on any atom is -0.435 e. The van der Waals surface area contributed by atoms with E-state index in [1.54, 1.807) is 24.5 Å². The lowest BCUT2D eigenvalue weighted by molar-refractivity contribution is -0.0498. The number of hydrogen-bond acceptors (Lipinski definition) is 5. The van der Waals surface area contributed by atoms with Gasteiger partial charge in [-0.25, -0.2) is 17.7 Å². The topological polar surface area (TPSA) is 73.7 Å². The zero-order valence-electron chi connectivity index (χ0n) is 15.0. The van der Waals surface area contributed by atoms with E-state index >= 15 is 0 Å². The first-order chi connectivity index (χ1) is 12.8. The average molecular weight is 401 g/mol. The van der Waals surface area contributed by atoms with Crippen molar-refractivity contribution in [2.24, 2.45) is 5.92 Å². The predicted octanol–water partition coefficient (Wildman–Crippen LogP) is 2.23. The van der Waals surface area contributed by atoms with Crippen LogP contribution in [0.25, 0.3) is 11.4 Å². The van der Waals surface area contributed by atoms with Crippen molar-refractivity contribution < 1.29 is 26.7 Å². The molecule has 0 radical (unpaired) electrons. The third-order valence-electron chi connectivity index (χ3n) is 4.51. The maximum Gasteiger partial charge on any atom is 0.387 e. The van der Waals surface area contributed by atoms with E-state index < -0.39 is 16.6 Å². The molecule has 1 aliphatic rings. The summed E-state index contributed by atoms with van der Waals surface area (Å²) in [6.45, 7) is -2.16. The van der Waals surface area contributed by atoms with E-state index in [1.807, 2.05) is 4.57 Å². The van der Waals surface area contributed by atoms with Crippen molar-refractivity contribution in [1.82, 2.24) is 13.9 Å². The van der Waals surface area contributed by atoms with E-state index in [4.69, 9.17) is 4.74 Å². The highest BCUT2D eigenvalue weighted by atomic mass is 32.2. The first-order valence-electron chi connectivity index (χ1n) is 8.34. The number of benzene rings is 1. The highest BCUT2D eigenvalue weighted by molar-refractivity contribution is 7.89. The number of sulfonamides is 1. The molecular weight excluding hydrogens is 380 g/mol. The SMILES string of the molecule is CN(C)S(=O)(=O)C[C@@H]1COC[C@H]1n1ccnc1-c1ccc(OC(F)F)cc1. The molecule has 2 atom stereocenters. The number of halogens is 2. The lowest BCUT2D eigenvalue weighted by Crippen LogP contribution is -2.32. The molecule has 0 unspecified atom stereocenters. The Kier molecular flexibility index (Phi) is 5.78. The Balaban J connectivity index is 1.83. The van der Waals surface area contributed by atoms with Gasteiger partial charge in [-0.05, 0) is 24.3 Å². The molecule has 0 N–H and O–H groups in total. The summed E-state index contributed by atoms with van der Waals surface area (Å²) in [6.07, 6.45) is 3.39. The zero-order valence-corrected chi connectivity index (χ0v) is 15.8. The van der Waals surface area contributed by atoms with Crippen LogP contribution in [-0.4, -0.2) is 61.9 Å². The molecule has 27 heavy (non-hydrogen) atoms. The Labute approximate surface area is 156 Å². The smallest absolute Gasteiger partial charge is 0.387 e. The number of imidazole rings is 1. The number of aromatic nitrogens is 2. The first-order valence-corrected chi connectivity index (χ1v) is 9.95. The fourth-order valence-corrected chi connectivity index (χ4v) is 4.22. The third kappa shape index (κ3) is 4.45. The molecule has 148 valence electrons. The summed E-state index contributed by atoms with van der Waals surface area (Å²) in [7, 11) is -0.357. The Hall–Kier alpha value is -2.04. The molecule has 10 heteroatoms. The molecule has 2 heterocycles. The quantitative estimate of drug-likeness (QED) is 0.711. The average Bonchev–Trinajstić information content (AvgIpc) is 3.23. The van der Waals surface area contributed by atoms with Crippen molar-refractivity contribution in [1.29, 1.82) is 0 Å². The second kappa shape index (κ2) is 7.91. The Bertz CT molecular complexity index is 869. The highest BCUT2D eigenvalue weighted by Crippen LogP contribution is 2.32. The summed E-state index contributed by atoms with van der Waals surface area (Å²) in [5.41, 5.74) is 0.711. The molecule has 3 rings (SSSR count). The fraction of sp³-hybridized carbons (Fsp3) is 0.471. The minimum absolute atomic E-state index is 0.0244. The van der Waals surface area contributed by atoms with Gasteiger partial charge in [0.25, 0.3) is 0 Å². The molecule has 0 bridgehead atoms. The van der Waals surface area contributed by atoms with E-state index in [0.29, 0.717) is 24.6 Å². The van der Waals surface area contributed by atoms with Crippen molar-refractivity contribution in [2.75, 3.05) is 33.1 Å². The largest absolute Gasteiger partial charge is 0.435 e. The molecular formula is C17H21F2N3O4S. The Morgan fingerprint density at radius 1 is 1.30 bits per heavy atom.